The minimum absolute atomic E-state index is 0.167. The normalized spacial score (nSPS) is 10.8. The lowest BCUT2D eigenvalue weighted by molar-refractivity contribution is 0.604. The Morgan fingerprint density at radius 3 is 3.00 bits per heavy atom. The predicted molar refractivity (Wildman–Crippen MR) is 78.6 cm³/mol. The van der Waals surface area contributed by atoms with Crippen LogP contribution in [0, 0.1) is 0 Å². The summed E-state index contributed by atoms with van der Waals surface area (Å²) in [6, 6.07) is 5.53. The van der Waals surface area contributed by atoms with Crippen LogP contribution < -0.4 is 11.4 Å². The number of nitrogens with one attached hydrogen (secondary N) is 1. The van der Waals surface area contributed by atoms with Crippen molar-refractivity contribution in [2.24, 2.45) is 0 Å². The van der Waals surface area contributed by atoms with Crippen molar-refractivity contribution in [3.63, 3.8) is 0 Å². The van der Waals surface area contributed by atoms with Gasteiger partial charge in [0.15, 0.2) is 5.16 Å². The molecular weight excluding hydrogens is 284 g/mol. The third kappa shape index (κ3) is 3.33. The fourth-order valence-electron chi connectivity index (χ4n) is 1.67. The summed E-state index contributed by atoms with van der Waals surface area (Å²) in [6.45, 7) is 2.69. The van der Waals surface area contributed by atoms with Crippen LogP contribution in [0.1, 0.15) is 18.9 Å². The van der Waals surface area contributed by atoms with E-state index >= 15 is 0 Å². The minimum atomic E-state index is -0.167. The molecule has 0 unspecified atom stereocenters. The number of anilines is 1. The van der Waals surface area contributed by atoms with Gasteiger partial charge in [0.05, 0.1) is 10.7 Å². The fourth-order valence-corrected chi connectivity index (χ4v) is 2.70. The molecule has 102 valence electrons. The summed E-state index contributed by atoms with van der Waals surface area (Å²) in [6.07, 6.45) is 0.890. The Kier molecular flexibility index (Phi) is 4.55. The van der Waals surface area contributed by atoms with Crippen molar-refractivity contribution in [3.8, 4) is 0 Å². The van der Waals surface area contributed by atoms with Crippen LogP contribution in [0.25, 0.3) is 0 Å². The van der Waals surface area contributed by atoms with Gasteiger partial charge in [-0.2, -0.15) is 0 Å². The van der Waals surface area contributed by atoms with Crippen molar-refractivity contribution in [3.05, 3.63) is 39.3 Å². The molecule has 1 aromatic carbocycles. The van der Waals surface area contributed by atoms with E-state index in [0.29, 0.717) is 28.2 Å². The first-order valence-electron chi connectivity index (χ1n) is 5.93. The van der Waals surface area contributed by atoms with Crippen molar-refractivity contribution in [1.29, 1.82) is 0 Å². The molecule has 2 rings (SSSR count). The number of nitrogens with two attached hydrogens (primary N) is 1. The maximum absolute atomic E-state index is 11.5. The Labute approximate surface area is 120 Å². The highest BCUT2D eigenvalue weighted by atomic mass is 35.5. The SMILES string of the molecule is CCCn1c(SCc2ccc(Cl)c(N)c2)n[nH]c1=O. The molecule has 0 aliphatic carbocycles. The molecule has 0 spiro atoms. The van der Waals surface area contributed by atoms with Gasteiger partial charge in [-0.15, -0.1) is 5.10 Å². The Bertz CT molecular complexity index is 622. The lowest BCUT2D eigenvalue weighted by Crippen LogP contribution is -2.17. The first-order chi connectivity index (χ1) is 9.11. The Hall–Kier alpha value is -1.40. The first-order valence-corrected chi connectivity index (χ1v) is 7.30. The third-order valence-electron chi connectivity index (χ3n) is 2.60. The molecule has 19 heavy (non-hydrogen) atoms. The smallest absolute Gasteiger partial charge is 0.343 e. The van der Waals surface area contributed by atoms with Gasteiger partial charge in [-0.1, -0.05) is 36.4 Å². The summed E-state index contributed by atoms with van der Waals surface area (Å²) in [5, 5.41) is 7.74. The molecule has 0 amide bonds. The summed E-state index contributed by atoms with van der Waals surface area (Å²) in [7, 11) is 0. The second-order valence-electron chi connectivity index (χ2n) is 4.11. The highest BCUT2D eigenvalue weighted by molar-refractivity contribution is 7.98. The number of thioether (sulfide) groups is 1. The number of aromatic nitrogens is 3. The summed E-state index contributed by atoms with van der Waals surface area (Å²) in [5.74, 6) is 0.690. The summed E-state index contributed by atoms with van der Waals surface area (Å²) in [4.78, 5) is 11.5. The maximum Gasteiger partial charge on any atom is 0.343 e. The molecule has 1 heterocycles. The number of H-pyrrole nitrogens is 1. The first kappa shape index (κ1) is 14.0. The van der Waals surface area contributed by atoms with E-state index in [-0.39, 0.29) is 5.69 Å². The van der Waals surface area contributed by atoms with Crippen molar-refractivity contribution in [1.82, 2.24) is 14.8 Å². The van der Waals surface area contributed by atoms with Gasteiger partial charge in [0, 0.05) is 12.3 Å². The number of nitrogen functional groups attached to an aromatic ring is 1. The van der Waals surface area contributed by atoms with Gasteiger partial charge in [-0.3, -0.25) is 4.57 Å². The highest BCUT2D eigenvalue weighted by Gasteiger charge is 2.08. The number of rotatable bonds is 5. The molecule has 0 radical (unpaired) electrons. The van der Waals surface area contributed by atoms with Gasteiger partial charge >= 0.3 is 5.69 Å². The molecule has 5 nitrogen and oxygen atoms in total. The molecule has 1 aromatic heterocycles. The maximum atomic E-state index is 11.5. The Morgan fingerprint density at radius 1 is 1.53 bits per heavy atom. The summed E-state index contributed by atoms with van der Waals surface area (Å²) < 4.78 is 1.64. The van der Waals surface area contributed by atoms with Gasteiger partial charge in [-0.05, 0) is 24.1 Å². The second kappa shape index (κ2) is 6.16. The number of benzene rings is 1. The molecule has 0 aliphatic rings. The standard InChI is InChI=1S/C12H15ClN4OS/c1-2-5-17-11(18)15-16-12(17)19-7-8-3-4-9(13)10(14)6-8/h3-4,6H,2,5,7,14H2,1H3,(H,15,18). The van der Waals surface area contributed by atoms with E-state index in [1.165, 1.54) is 11.8 Å². The van der Waals surface area contributed by atoms with E-state index in [4.69, 9.17) is 17.3 Å². The van der Waals surface area contributed by atoms with Crippen LogP contribution in [-0.2, 0) is 12.3 Å². The van der Waals surface area contributed by atoms with Crippen molar-refractivity contribution < 1.29 is 0 Å². The molecule has 0 aliphatic heterocycles. The fraction of sp³-hybridized carbons (Fsp3) is 0.333. The minimum Gasteiger partial charge on any atom is -0.398 e. The lowest BCUT2D eigenvalue weighted by Gasteiger charge is -2.05. The third-order valence-corrected chi connectivity index (χ3v) is 3.99. The lowest BCUT2D eigenvalue weighted by atomic mass is 10.2. The zero-order valence-corrected chi connectivity index (χ0v) is 12.1. The van der Waals surface area contributed by atoms with Crippen LogP contribution in [0.15, 0.2) is 28.2 Å². The summed E-state index contributed by atoms with van der Waals surface area (Å²) >= 11 is 7.37. The van der Waals surface area contributed by atoms with E-state index in [2.05, 4.69) is 10.2 Å². The Balaban J connectivity index is 2.10. The van der Waals surface area contributed by atoms with E-state index in [9.17, 15) is 4.79 Å². The zero-order chi connectivity index (χ0) is 13.8. The summed E-state index contributed by atoms with van der Waals surface area (Å²) in [5.41, 5.74) is 7.20. The molecule has 0 bridgehead atoms. The molecule has 3 N–H and O–H groups in total. The van der Waals surface area contributed by atoms with Gasteiger partial charge in [0.1, 0.15) is 0 Å². The quantitative estimate of drug-likeness (QED) is 0.657. The molecule has 7 heteroatoms. The van der Waals surface area contributed by atoms with Gasteiger partial charge in [0.2, 0.25) is 0 Å². The number of nitrogens with zero attached hydrogens (tertiary/aromatic N) is 2. The van der Waals surface area contributed by atoms with Gasteiger partial charge in [-0.25, -0.2) is 9.89 Å². The van der Waals surface area contributed by atoms with Crippen LogP contribution in [0.3, 0.4) is 0 Å². The largest absolute Gasteiger partial charge is 0.398 e. The average molecular weight is 299 g/mol. The number of halogens is 1. The highest BCUT2D eigenvalue weighted by Crippen LogP contribution is 2.24. The Morgan fingerprint density at radius 2 is 2.32 bits per heavy atom. The van der Waals surface area contributed by atoms with Crippen molar-refractivity contribution in [2.75, 3.05) is 5.73 Å². The average Bonchev–Trinajstić information content (AvgIpc) is 2.73. The van der Waals surface area contributed by atoms with Crippen LogP contribution in [-0.4, -0.2) is 14.8 Å². The monoisotopic (exact) mass is 298 g/mol. The molecule has 0 atom stereocenters. The molecule has 0 saturated carbocycles. The van der Waals surface area contributed by atoms with Crippen LogP contribution in [0.4, 0.5) is 5.69 Å². The topological polar surface area (TPSA) is 76.7 Å². The van der Waals surface area contributed by atoms with Crippen LogP contribution >= 0.6 is 23.4 Å². The second-order valence-corrected chi connectivity index (χ2v) is 5.46. The van der Waals surface area contributed by atoms with Crippen LogP contribution in [0.2, 0.25) is 5.02 Å². The zero-order valence-electron chi connectivity index (χ0n) is 10.5. The van der Waals surface area contributed by atoms with Crippen LogP contribution in [0.5, 0.6) is 0 Å². The van der Waals surface area contributed by atoms with Crippen molar-refractivity contribution >= 4 is 29.1 Å². The molecule has 0 saturated heterocycles. The molecule has 2 aromatic rings. The van der Waals surface area contributed by atoms with E-state index in [1.807, 2.05) is 19.1 Å². The van der Waals surface area contributed by atoms with Crippen molar-refractivity contribution in [2.45, 2.75) is 30.8 Å². The van der Waals surface area contributed by atoms with Gasteiger partial charge in [0.25, 0.3) is 0 Å². The number of hydrogen-bond acceptors (Lipinski definition) is 4. The molecular formula is C12H15ClN4OS. The van der Waals surface area contributed by atoms with Gasteiger partial charge < -0.3 is 5.73 Å². The van der Waals surface area contributed by atoms with E-state index in [0.717, 1.165) is 12.0 Å². The molecule has 0 fully saturated rings. The number of hydrogen-bond donors (Lipinski definition) is 2. The predicted octanol–water partition coefficient (Wildman–Crippen LogP) is 2.51. The number of aromatic amines is 1. The van der Waals surface area contributed by atoms with E-state index in [1.54, 1.807) is 10.6 Å². The van der Waals surface area contributed by atoms with E-state index < -0.39 is 0 Å².